The van der Waals surface area contributed by atoms with Crippen LogP contribution >= 0.6 is 11.6 Å². The summed E-state index contributed by atoms with van der Waals surface area (Å²) in [5, 5.41) is 4.46. The number of benzene rings is 2. The predicted octanol–water partition coefficient (Wildman–Crippen LogP) is 7.10. The standard InChI is InChI=1S/C28H35ClN2O4/c1-7-8-9-20(17-30-27(33)35-28(3,4)5)25-18(2)31(24-15-14-22(34-6)16-23(24)25)26(32)19-10-12-21(29)13-11-19/h10-16,20H,7-9,17H2,1-6H3,(H,30,33). The molecule has 0 saturated heterocycles. The fourth-order valence-corrected chi connectivity index (χ4v) is 4.49. The second-order valence-electron chi connectivity index (χ2n) is 9.75. The number of ether oxygens (including phenoxy) is 2. The summed E-state index contributed by atoms with van der Waals surface area (Å²) in [6.45, 7) is 10.0. The second kappa shape index (κ2) is 11.2. The molecule has 3 aromatic rings. The van der Waals surface area contributed by atoms with Gasteiger partial charge in [-0.05, 0) is 82.1 Å². The van der Waals surface area contributed by atoms with Gasteiger partial charge in [-0.15, -0.1) is 0 Å². The molecule has 1 amide bonds. The summed E-state index contributed by atoms with van der Waals surface area (Å²) in [6.07, 6.45) is 2.42. The number of nitrogens with one attached hydrogen (secondary N) is 1. The Bertz CT molecular complexity index is 1190. The van der Waals surface area contributed by atoms with Gasteiger partial charge in [-0.3, -0.25) is 9.36 Å². The summed E-state index contributed by atoms with van der Waals surface area (Å²) in [7, 11) is 1.63. The first-order chi connectivity index (χ1) is 16.6. The smallest absolute Gasteiger partial charge is 0.407 e. The molecule has 0 bridgehead atoms. The molecule has 3 rings (SSSR count). The van der Waals surface area contributed by atoms with E-state index in [9.17, 15) is 9.59 Å². The first-order valence-corrected chi connectivity index (χ1v) is 12.4. The Morgan fingerprint density at radius 3 is 2.40 bits per heavy atom. The molecular formula is C28H35ClN2O4. The zero-order valence-corrected chi connectivity index (χ0v) is 22.2. The van der Waals surface area contributed by atoms with E-state index in [1.807, 2.05) is 45.9 Å². The van der Waals surface area contributed by atoms with E-state index in [0.29, 0.717) is 22.9 Å². The molecule has 2 aromatic carbocycles. The molecule has 0 aliphatic carbocycles. The summed E-state index contributed by atoms with van der Waals surface area (Å²) < 4.78 is 12.7. The maximum atomic E-state index is 13.6. The molecule has 1 atom stereocenters. The number of hydrogen-bond donors (Lipinski definition) is 1. The number of halogens is 1. The molecule has 1 heterocycles. The van der Waals surface area contributed by atoms with Crippen LogP contribution in [0.25, 0.3) is 10.9 Å². The van der Waals surface area contributed by atoms with Crippen LogP contribution in [0.5, 0.6) is 5.75 Å². The Morgan fingerprint density at radius 2 is 1.80 bits per heavy atom. The van der Waals surface area contributed by atoms with Crippen molar-refractivity contribution in [3.05, 3.63) is 64.3 Å². The minimum Gasteiger partial charge on any atom is -0.497 e. The maximum Gasteiger partial charge on any atom is 0.407 e. The highest BCUT2D eigenvalue weighted by atomic mass is 35.5. The van der Waals surface area contributed by atoms with Gasteiger partial charge in [-0.2, -0.15) is 0 Å². The molecule has 6 nitrogen and oxygen atoms in total. The Kier molecular flexibility index (Phi) is 8.49. The number of carbonyl (C=O) groups is 2. The highest BCUT2D eigenvalue weighted by molar-refractivity contribution is 6.30. The largest absolute Gasteiger partial charge is 0.497 e. The van der Waals surface area contributed by atoms with Gasteiger partial charge in [-0.25, -0.2) is 4.79 Å². The molecule has 0 radical (unpaired) electrons. The molecule has 188 valence electrons. The average molecular weight is 499 g/mol. The number of carbonyl (C=O) groups excluding carboxylic acids is 2. The van der Waals surface area contributed by atoms with Crippen LogP contribution in [0, 0.1) is 6.92 Å². The molecule has 0 saturated carbocycles. The summed E-state index contributed by atoms with van der Waals surface area (Å²) in [4.78, 5) is 26.0. The highest BCUT2D eigenvalue weighted by Gasteiger charge is 2.26. The van der Waals surface area contributed by atoms with E-state index in [1.54, 1.807) is 35.9 Å². The van der Waals surface area contributed by atoms with Crippen LogP contribution in [-0.2, 0) is 4.74 Å². The lowest BCUT2D eigenvalue weighted by Crippen LogP contribution is -2.35. The van der Waals surface area contributed by atoms with Crippen molar-refractivity contribution in [2.45, 2.75) is 65.4 Å². The van der Waals surface area contributed by atoms with Crippen LogP contribution in [0.3, 0.4) is 0 Å². The minimum atomic E-state index is -0.576. The number of methoxy groups -OCH3 is 1. The Morgan fingerprint density at radius 1 is 1.11 bits per heavy atom. The Hall–Kier alpha value is -2.99. The van der Waals surface area contributed by atoms with Crippen molar-refractivity contribution in [3.8, 4) is 5.75 Å². The first-order valence-electron chi connectivity index (χ1n) is 12.0. The van der Waals surface area contributed by atoms with Crippen LogP contribution in [0.15, 0.2) is 42.5 Å². The lowest BCUT2D eigenvalue weighted by molar-refractivity contribution is 0.0523. The molecule has 35 heavy (non-hydrogen) atoms. The van der Waals surface area contributed by atoms with Crippen molar-refractivity contribution in [1.82, 2.24) is 9.88 Å². The van der Waals surface area contributed by atoms with Crippen LogP contribution in [0.4, 0.5) is 4.79 Å². The normalized spacial score (nSPS) is 12.4. The third-order valence-corrected chi connectivity index (χ3v) is 6.21. The van der Waals surface area contributed by atoms with Crippen LogP contribution in [0.1, 0.15) is 74.5 Å². The van der Waals surface area contributed by atoms with Gasteiger partial charge in [-0.1, -0.05) is 31.4 Å². The molecule has 1 unspecified atom stereocenters. The van der Waals surface area contributed by atoms with Gasteiger partial charge in [0.15, 0.2) is 0 Å². The minimum absolute atomic E-state index is 0.00339. The summed E-state index contributed by atoms with van der Waals surface area (Å²) in [5.41, 5.74) is 2.66. The van der Waals surface area contributed by atoms with Gasteiger partial charge < -0.3 is 14.8 Å². The van der Waals surface area contributed by atoms with Crippen molar-refractivity contribution < 1.29 is 19.1 Å². The molecular weight excluding hydrogens is 464 g/mol. The number of hydrogen-bond acceptors (Lipinski definition) is 4. The van der Waals surface area contributed by atoms with Crippen molar-refractivity contribution in [1.29, 1.82) is 0 Å². The first kappa shape index (κ1) is 26.6. The van der Waals surface area contributed by atoms with Crippen LogP contribution in [0.2, 0.25) is 5.02 Å². The highest BCUT2D eigenvalue weighted by Crippen LogP contribution is 2.37. The number of unbranched alkanes of at least 4 members (excludes halogenated alkanes) is 1. The van der Waals surface area contributed by atoms with E-state index >= 15 is 0 Å². The molecule has 0 aliphatic heterocycles. The molecule has 1 N–H and O–H groups in total. The topological polar surface area (TPSA) is 69.6 Å². The zero-order chi connectivity index (χ0) is 25.8. The molecule has 1 aromatic heterocycles. The van der Waals surface area contributed by atoms with Gasteiger partial charge in [0.2, 0.25) is 0 Å². The quantitative estimate of drug-likeness (QED) is 0.359. The molecule has 0 fully saturated rings. The molecule has 7 heteroatoms. The third-order valence-electron chi connectivity index (χ3n) is 5.96. The number of fused-ring (bicyclic) bond motifs is 1. The number of amides is 1. The predicted molar refractivity (Wildman–Crippen MR) is 141 cm³/mol. The van der Waals surface area contributed by atoms with Crippen LogP contribution in [-0.4, -0.2) is 35.8 Å². The van der Waals surface area contributed by atoms with E-state index in [0.717, 1.165) is 41.4 Å². The molecule has 0 aliphatic rings. The number of aromatic nitrogens is 1. The van der Waals surface area contributed by atoms with Crippen molar-refractivity contribution in [2.75, 3.05) is 13.7 Å². The fraction of sp³-hybridized carbons (Fsp3) is 0.429. The number of rotatable bonds is 8. The maximum absolute atomic E-state index is 13.6. The Balaban J connectivity index is 2.09. The fourth-order valence-electron chi connectivity index (χ4n) is 4.37. The number of nitrogens with zero attached hydrogens (tertiary/aromatic N) is 1. The average Bonchev–Trinajstić information content (AvgIpc) is 3.09. The van der Waals surface area contributed by atoms with E-state index < -0.39 is 11.7 Å². The van der Waals surface area contributed by atoms with E-state index in [2.05, 4.69) is 12.2 Å². The van der Waals surface area contributed by atoms with Gasteiger partial charge in [0.1, 0.15) is 11.4 Å². The third kappa shape index (κ3) is 6.37. The summed E-state index contributed by atoms with van der Waals surface area (Å²) >= 11 is 6.04. The lowest BCUT2D eigenvalue weighted by Gasteiger charge is -2.22. The molecule has 0 spiro atoms. The SMILES string of the molecule is CCCCC(CNC(=O)OC(C)(C)C)c1c(C)n(C(=O)c2ccc(Cl)cc2)c2ccc(OC)cc12. The second-order valence-corrected chi connectivity index (χ2v) is 10.2. The van der Waals surface area contributed by atoms with Crippen molar-refractivity contribution >= 4 is 34.5 Å². The monoisotopic (exact) mass is 498 g/mol. The summed E-state index contributed by atoms with van der Waals surface area (Å²) in [5.74, 6) is 0.579. The van der Waals surface area contributed by atoms with Gasteiger partial charge in [0.25, 0.3) is 5.91 Å². The van der Waals surface area contributed by atoms with Crippen molar-refractivity contribution in [2.24, 2.45) is 0 Å². The van der Waals surface area contributed by atoms with E-state index in [4.69, 9.17) is 21.1 Å². The lowest BCUT2D eigenvalue weighted by atomic mass is 9.91. The van der Waals surface area contributed by atoms with Gasteiger partial charge in [0, 0.05) is 34.1 Å². The van der Waals surface area contributed by atoms with E-state index in [-0.39, 0.29) is 11.8 Å². The van der Waals surface area contributed by atoms with Crippen LogP contribution < -0.4 is 10.1 Å². The van der Waals surface area contributed by atoms with Gasteiger partial charge >= 0.3 is 6.09 Å². The van der Waals surface area contributed by atoms with Crippen molar-refractivity contribution in [3.63, 3.8) is 0 Å². The van der Waals surface area contributed by atoms with Gasteiger partial charge in [0.05, 0.1) is 12.6 Å². The van der Waals surface area contributed by atoms with E-state index in [1.165, 1.54) is 0 Å². The Labute approximate surface area is 212 Å². The number of alkyl carbamates (subject to hydrolysis) is 1. The zero-order valence-electron chi connectivity index (χ0n) is 21.4. The summed E-state index contributed by atoms with van der Waals surface area (Å²) in [6, 6.07) is 12.6.